The molecule has 1 amide bonds. The molecule has 0 atom stereocenters. The van der Waals surface area contributed by atoms with Gasteiger partial charge in [0.2, 0.25) is 5.91 Å². The molecule has 0 aliphatic carbocycles. The smallest absolute Gasteiger partial charge is 0.341 e. The molecule has 1 aliphatic rings. The lowest BCUT2D eigenvalue weighted by Crippen LogP contribution is -2.55. The topological polar surface area (TPSA) is 102 Å². The molecule has 0 spiro atoms. The van der Waals surface area contributed by atoms with Crippen LogP contribution in [0.3, 0.4) is 0 Å². The second-order valence-electron chi connectivity index (χ2n) is 9.01. The minimum atomic E-state index is -0.452. The molecule has 0 saturated heterocycles. The van der Waals surface area contributed by atoms with Gasteiger partial charge in [-0.3, -0.25) is 14.2 Å². The molecule has 0 aromatic carbocycles. The van der Waals surface area contributed by atoms with Crippen molar-refractivity contribution in [2.45, 2.75) is 58.7 Å². The molecule has 32 heavy (non-hydrogen) atoms. The summed E-state index contributed by atoms with van der Waals surface area (Å²) < 4.78 is 6.59. The zero-order valence-electron chi connectivity index (χ0n) is 18.7. The summed E-state index contributed by atoms with van der Waals surface area (Å²) >= 11 is 2.75. The van der Waals surface area contributed by atoms with Crippen molar-refractivity contribution in [3.63, 3.8) is 0 Å². The Labute approximate surface area is 193 Å². The van der Waals surface area contributed by atoms with Gasteiger partial charge in [0.05, 0.1) is 23.9 Å². The van der Waals surface area contributed by atoms with Crippen molar-refractivity contribution in [2.24, 2.45) is 0 Å². The highest BCUT2D eigenvalue weighted by Gasteiger charge is 2.42. The van der Waals surface area contributed by atoms with Crippen LogP contribution < -0.4 is 16.2 Å². The Morgan fingerprint density at radius 3 is 2.78 bits per heavy atom. The Bertz CT molecular complexity index is 1270. The van der Waals surface area contributed by atoms with Crippen LogP contribution in [0.5, 0.6) is 0 Å². The first-order valence-electron chi connectivity index (χ1n) is 10.4. The van der Waals surface area contributed by atoms with Crippen LogP contribution in [0.15, 0.2) is 22.6 Å². The average molecular weight is 475 g/mol. The summed E-state index contributed by atoms with van der Waals surface area (Å²) in [5, 5.41) is 9.19. The van der Waals surface area contributed by atoms with Gasteiger partial charge in [0.25, 0.3) is 5.56 Å². The fourth-order valence-corrected chi connectivity index (χ4v) is 6.37. The Morgan fingerprint density at radius 1 is 1.31 bits per heavy atom. The van der Waals surface area contributed by atoms with Crippen LogP contribution in [-0.2, 0) is 28.0 Å². The van der Waals surface area contributed by atoms with Gasteiger partial charge < -0.3 is 15.4 Å². The molecule has 170 valence electrons. The highest BCUT2D eigenvalue weighted by atomic mass is 32.1. The van der Waals surface area contributed by atoms with E-state index in [4.69, 9.17) is 4.74 Å². The summed E-state index contributed by atoms with van der Waals surface area (Å²) in [7, 11) is 0. The van der Waals surface area contributed by atoms with E-state index in [2.05, 4.69) is 43.3 Å². The van der Waals surface area contributed by atoms with Crippen LogP contribution in [-0.4, -0.2) is 33.6 Å². The third-order valence-electron chi connectivity index (χ3n) is 5.34. The molecule has 3 aromatic heterocycles. The standard InChI is InChI=1S/C22H26N4O4S2/c1-6-30-20(29)15-13-9-21(2,3)25-22(4,5)16(13)32-18(15)24-14(27)10-26-11-23-17-12(19(26)28)7-8-31-17/h7-8,11,25H,6,9-10H2,1-5H3,(H,24,27). The highest BCUT2D eigenvalue weighted by molar-refractivity contribution is 7.17. The van der Waals surface area contributed by atoms with Crippen LogP contribution in [0.2, 0.25) is 0 Å². The van der Waals surface area contributed by atoms with E-state index in [1.807, 2.05) is 0 Å². The summed E-state index contributed by atoms with van der Waals surface area (Å²) in [6.07, 6.45) is 2.01. The summed E-state index contributed by atoms with van der Waals surface area (Å²) in [5.74, 6) is -0.857. The molecule has 3 aromatic rings. The van der Waals surface area contributed by atoms with Crippen molar-refractivity contribution in [3.05, 3.63) is 44.1 Å². The van der Waals surface area contributed by atoms with Gasteiger partial charge in [-0.15, -0.1) is 22.7 Å². The lowest BCUT2D eigenvalue weighted by Gasteiger charge is -2.42. The number of thiophene rings is 2. The number of amides is 1. The van der Waals surface area contributed by atoms with E-state index in [9.17, 15) is 14.4 Å². The van der Waals surface area contributed by atoms with E-state index in [0.29, 0.717) is 27.2 Å². The van der Waals surface area contributed by atoms with Crippen molar-refractivity contribution < 1.29 is 14.3 Å². The average Bonchev–Trinajstić information content (AvgIpc) is 3.28. The number of anilines is 1. The number of nitrogens with one attached hydrogen (secondary N) is 2. The fraction of sp³-hybridized carbons (Fsp3) is 0.455. The van der Waals surface area contributed by atoms with Gasteiger partial charge in [-0.05, 0) is 58.0 Å². The molecule has 0 unspecified atom stereocenters. The lowest BCUT2D eigenvalue weighted by atomic mass is 9.81. The fourth-order valence-electron chi connectivity index (χ4n) is 4.36. The number of esters is 1. The number of fused-ring (bicyclic) bond motifs is 2. The van der Waals surface area contributed by atoms with Crippen LogP contribution in [0.4, 0.5) is 5.00 Å². The highest BCUT2D eigenvalue weighted by Crippen LogP contribution is 2.45. The van der Waals surface area contributed by atoms with Gasteiger partial charge in [0, 0.05) is 16.0 Å². The molecule has 1 aliphatic heterocycles. The van der Waals surface area contributed by atoms with E-state index in [1.54, 1.807) is 18.4 Å². The number of carbonyl (C=O) groups excluding carboxylic acids is 2. The summed E-state index contributed by atoms with van der Waals surface area (Å²) in [4.78, 5) is 44.3. The Kier molecular flexibility index (Phi) is 5.72. The minimum Gasteiger partial charge on any atom is -0.462 e. The van der Waals surface area contributed by atoms with Crippen molar-refractivity contribution in [3.8, 4) is 0 Å². The molecule has 0 bridgehead atoms. The molecule has 0 radical (unpaired) electrons. The number of aromatic nitrogens is 2. The number of carbonyl (C=O) groups is 2. The Balaban J connectivity index is 1.69. The molecule has 0 saturated carbocycles. The third-order valence-corrected chi connectivity index (χ3v) is 7.63. The minimum absolute atomic E-state index is 0.199. The zero-order chi connectivity index (χ0) is 23.3. The largest absolute Gasteiger partial charge is 0.462 e. The first-order valence-corrected chi connectivity index (χ1v) is 12.1. The molecule has 0 fully saturated rings. The van der Waals surface area contributed by atoms with Crippen molar-refractivity contribution in [2.75, 3.05) is 11.9 Å². The zero-order valence-corrected chi connectivity index (χ0v) is 20.3. The maximum absolute atomic E-state index is 12.9. The molecule has 2 N–H and O–H groups in total. The first-order chi connectivity index (χ1) is 15.0. The van der Waals surface area contributed by atoms with Crippen LogP contribution in [0.25, 0.3) is 10.2 Å². The van der Waals surface area contributed by atoms with Gasteiger partial charge in [-0.25, -0.2) is 9.78 Å². The lowest BCUT2D eigenvalue weighted by molar-refractivity contribution is -0.116. The quantitative estimate of drug-likeness (QED) is 0.549. The number of ether oxygens (including phenoxy) is 1. The van der Waals surface area contributed by atoms with Gasteiger partial charge in [0.15, 0.2) is 0 Å². The second-order valence-corrected chi connectivity index (χ2v) is 10.9. The SMILES string of the molecule is CCOC(=O)c1c(NC(=O)Cn2cnc3sccc3c2=O)sc2c1CC(C)(C)NC2(C)C. The monoisotopic (exact) mass is 474 g/mol. The summed E-state index contributed by atoms with van der Waals surface area (Å²) in [6.45, 7) is 10.1. The predicted molar refractivity (Wildman–Crippen MR) is 127 cm³/mol. The molecule has 4 heterocycles. The molecule has 8 nitrogen and oxygen atoms in total. The van der Waals surface area contributed by atoms with Gasteiger partial charge in [-0.1, -0.05) is 0 Å². The van der Waals surface area contributed by atoms with Gasteiger partial charge >= 0.3 is 5.97 Å². The number of hydrogen-bond donors (Lipinski definition) is 2. The van der Waals surface area contributed by atoms with Crippen LogP contribution in [0, 0.1) is 0 Å². The van der Waals surface area contributed by atoms with Crippen molar-refractivity contribution >= 4 is 49.8 Å². The molecule has 4 rings (SSSR count). The van der Waals surface area contributed by atoms with E-state index in [-0.39, 0.29) is 29.8 Å². The second kappa shape index (κ2) is 8.09. The molecular formula is C22H26N4O4S2. The Hall–Kier alpha value is -2.56. The molecule has 10 heteroatoms. The normalized spacial score (nSPS) is 16.5. The Morgan fingerprint density at radius 2 is 2.06 bits per heavy atom. The number of hydrogen-bond acceptors (Lipinski definition) is 8. The van der Waals surface area contributed by atoms with E-state index >= 15 is 0 Å². The number of rotatable bonds is 5. The number of nitrogens with zero attached hydrogens (tertiary/aromatic N) is 2. The van der Waals surface area contributed by atoms with E-state index < -0.39 is 11.9 Å². The van der Waals surface area contributed by atoms with Gasteiger partial charge in [0.1, 0.15) is 16.4 Å². The maximum Gasteiger partial charge on any atom is 0.341 e. The summed E-state index contributed by atoms with van der Waals surface area (Å²) in [5.41, 5.74) is 0.429. The van der Waals surface area contributed by atoms with Gasteiger partial charge in [-0.2, -0.15) is 0 Å². The third kappa shape index (κ3) is 4.10. The maximum atomic E-state index is 12.9. The van der Waals surface area contributed by atoms with Crippen molar-refractivity contribution in [1.29, 1.82) is 0 Å². The van der Waals surface area contributed by atoms with E-state index in [1.165, 1.54) is 33.6 Å². The summed E-state index contributed by atoms with van der Waals surface area (Å²) in [6, 6.07) is 1.70. The van der Waals surface area contributed by atoms with Crippen LogP contribution >= 0.6 is 22.7 Å². The first kappa shape index (κ1) is 22.6. The molecular weight excluding hydrogens is 448 g/mol. The van der Waals surface area contributed by atoms with Crippen molar-refractivity contribution in [1.82, 2.24) is 14.9 Å². The predicted octanol–water partition coefficient (Wildman–Crippen LogP) is 3.49. The van der Waals surface area contributed by atoms with Crippen LogP contribution in [0.1, 0.15) is 55.4 Å². The van der Waals surface area contributed by atoms with E-state index in [0.717, 1.165) is 10.4 Å².